The van der Waals surface area contributed by atoms with Gasteiger partial charge in [-0.2, -0.15) is 5.26 Å². The van der Waals surface area contributed by atoms with Gasteiger partial charge in [0.1, 0.15) is 18.4 Å². The number of rotatable bonds is 15. The van der Waals surface area contributed by atoms with Crippen LogP contribution in [0.5, 0.6) is 5.75 Å². The molecule has 3 N–H and O–H groups in total. The van der Waals surface area contributed by atoms with E-state index in [1.165, 1.54) is 0 Å². The van der Waals surface area contributed by atoms with Crippen LogP contribution in [0.2, 0.25) is 0 Å². The van der Waals surface area contributed by atoms with Gasteiger partial charge in [0.25, 0.3) is 0 Å². The summed E-state index contributed by atoms with van der Waals surface area (Å²) in [5.74, 6) is 0.629. The van der Waals surface area contributed by atoms with Crippen LogP contribution in [0.15, 0.2) is 59.4 Å². The Morgan fingerprint density at radius 2 is 1.94 bits per heavy atom. The number of hydrogen-bond acceptors (Lipinski definition) is 7. The van der Waals surface area contributed by atoms with Gasteiger partial charge >= 0.3 is 8.25 Å². The second-order valence-electron chi connectivity index (χ2n) is 8.63. The Morgan fingerprint density at radius 3 is 2.67 bits per heavy atom. The number of nitrogens with one attached hydrogen (secondary N) is 2. The maximum atomic E-state index is 10.5. The van der Waals surface area contributed by atoms with E-state index in [4.69, 9.17) is 14.0 Å². The van der Waals surface area contributed by atoms with E-state index in [1.54, 1.807) is 12.5 Å². The van der Waals surface area contributed by atoms with Crippen molar-refractivity contribution in [2.45, 2.75) is 45.8 Å². The van der Waals surface area contributed by atoms with Crippen LogP contribution in [0.1, 0.15) is 43.4 Å². The van der Waals surface area contributed by atoms with Gasteiger partial charge in [-0.3, -0.25) is 0 Å². The fourth-order valence-electron chi connectivity index (χ4n) is 3.78. The highest BCUT2D eigenvalue weighted by atomic mass is 31.1. The normalized spacial score (nSPS) is 11.4. The Morgan fingerprint density at radius 1 is 1.11 bits per heavy atom. The quantitative estimate of drug-likeness (QED) is 0.174. The fourth-order valence-corrected chi connectivity index (χ4v) is 4.06. The molecule has 0 aliphatic heterocycles. The molecule has 0 saturated carbocycles. The molecule has 1 heterocycles. The molecule has 2 aromatic carbocycles. The summed E-state index contributed by atoms with van der Waals surface area (Å²) in [4.78, 5) is 8.66. The van der Waals surface area contributed by atoms with E-state index >= 15 is 0 Å². The van der Waals surface area contributed by atoms with Gasteiger partial charge in [-0.1, -0.05) is 12.1 Å². The molecule has 0 fully saturated rings. The zero-order valence-electron chi connectivity index (χ0n) is 20.7. The van der Waals surface area contributed by atoms with Gasteiger partial charge in [-0.05, 0) is 81.1 Å². The van der Waals surface area contributed by atoms with Crippen LogP contribution in [0.4, 0.5) is 5.69 Å². The van der Waals surface area contributed by atoms with Crippen LogP contribution in [0, 0.1) is 11.3 Å². The molecule has 3 rings (SSSR count). The summed E-state index contributed by atoms with van der Waals surface area (Å²) >= 11 is 0. The molecule has 9 heteroatoms. The number of benzene rings is 2. The van der Waals surface area contributed by atoms with Crippen LogP contribution in [0.3, 0.4) is 0 Å². The van der Waals surface area contributed by atoms with Crippen molar-refractivity contribution in [3.8, 4) is 22.9 Å². The number of ether oxygens (including phenoxy) is 1. The first-order valence-corrected chi connectivity index (χ1v) is 13.2. The molecular formula is C27H33N3O5P+. The molecule has 0 aliphatic rings. The summed E-state index contributed by atoms with van der Waals surface area (Å²) in [5.41, 5.74) is 5.89. The van der Waals surface area contributed by atoms with Crippen LogP contribution in [-0.4, -0.2) is 30.7 Å². The lowest BCUT2D eigenvalue weighted by atomic mass is 10.0. The Hall–Kier alpha value is -3.21. The lowest BCUT2D eigenvalue weighted by Gasteiger charge is -2.14. The highest BCUT2D eigenvalue weighted by Crippen LogP contribution is 2.30. The SMILES string of the molecule is CC(C)Oc1ccc(CCCNc2ccc(CNCCCO[P+](=O)O)cc2-c2ccoc2)cc1C#N. The minimum absolute atomic E-state index is 0.0265. The van der Waals surface area contributed by atoms with Crippen LogP contribution in [-0.2, 0) is 22.1 Å². The van der Waals surface area contributed by atoms with Crippen molar-refractivity contribution in [3.05, 3.63) is 71.7 Å². The number of nitrogens with zero attached hydrogens (tertiary/aromatic N) is 1. The Bertz CT molecular complexity index is 1160. The number of anilines is 1. The van der Waals surface area contributed by atoms with Crippen LogP contribution >= 0.6 is 8.25 Å². The monoisotopic (exact) mass is 510 g/mol. The molecule has 0 bridgehead atoms. The van der Waals surface area contributed by atoms with E-state index in [1.807, 2.05) is 38.1 Å². The highest BCUT2D eigenvalue weighted by molar-refractivity contribution is 7.32. The molecule has 8 nitrogen and oxygen atoms in total. The molecule has 0 spiro atoms. The van der Waals surface area contributed by atoms with Gasteiger partial charge in [-0.25, -0.2) is 0 Å². The number of hydrogen-bond donors (Lipinski definition) is 3. The molecule has 0 amide bonds. The maximum Gasteiger partial charge on any atom is 0.694 e. The molecule has 0 aliphatic carbocycles. The van der Waals surface area contributed by atoms with E-state index in [9.17, 15) is 9.83 Å². The van der Waals surface area contributed by atoms with E-state index in [0.717, 1.165) is 47.3 Å². The van der Waals surface area contributed by atoms with Crippen molar-refractivity contribution in [1.29, 1.82) is 5.26 Å². The minimum Gasteiger partial charge on any atom is -0.490 e. The van der Waals surface area contributed by atoms with Crippen molar-refractivity contribution in [3.63, 3.8) is 0 Å². The van der Waals surface area contributed by atoms with Gasteiger partial charge in [0.2, 0.25) is 0 Å². The van der Waals surface area contributed by atoms with E-state index in [-0.39, 0.29) is 12.7 Å². The standard InChI is InChI=1S/C27H32N3O5P/c1-20(2)35-27-9-7-21(15-24(27)17-28)5-3-12-30-26-8-6-22(16-25(26)23-10-14-33-19-23)18-29-11-4-13-34-36(31)32/h6-10,14-16,19-20,29-30H,3-5,11-13,18H2,1-2H3/p+1. The van der Waals surface area contributed by atoms with Crippen molar-refractivity contribution in [2.75, 3.05) is 25.0 Å². The molecule has 0 radical (unpaired) electrons. The molecular weight excluding hydrogens is 477 g/mol. The zero-order valence-corrected chi connectivity index (χ0v) is 21.6. The molecule has 1 unspecified atom stereocenters. The second-order valence-corrected chi connectivity index (χ2v) is 9.37. The van der Waals surface area contributed by atoms with Gasteiger partial charge in [0.05, 0.1) is 24.2 Å². The summed E-state index contributed by atoms with van der Waals surface area (Å²) in [5, 5.41) is 16.3. The highest BCUT2D eigenvalue weighted by Gasteiger charge is 2.11. The topological polar surface area (TPSA) is 117 Å². The van der Waals surface area contributed by atoms with Crippen molar-refractivity contribution < 1.29 is 23.1 Å². The van der Waals surface area contributed by atoms with E-state index in [2.05, 4.69) is 39.4 Å². The summed E-state index contributed by atoms with van der Waals surface area (Å²) in [6.45, 7) is 6.28. The maximum absolute atomic E-state index is 10.5. The van der Waals surface area contributed by atoms with E-state index < -0.39 is 8.25 Å². The first-order valence-electron chi connectivity index (χ1n) is 12.0. The molecule has 36 heavy (non-hydrogen) atoms. The van der Waals surface area contributed by atoms with Crippen LogP contribution < -0.4 is 15.4 Å². The molecule has 1 aromatic heterocycles. The summed E-state index contributed by atoms with van der Waals surface area (Å²) in [6.07, 6.45) is 5.83. The molecule has 190 valence electrons. The number of furan rings is 1. The largest absolute Gasteiger partial charge is 0.694 e. The van der Waals surface area contributed by atoms with Gasteiger partial charge in [0, 0.05) is 34.5 Å². The lowest BCUT2D eigenvalue weighted by Crippen LogP contribution is -2.16. The molecule has 1 atom stereocenters. The van der Waals surface area contributed by atoms with Gasteiger partial charge < -0.3 is 19.8 Å². The van der Waals surface area contributed by atoms with E-state index in [0.29, 0.717) is 30.8 Å². The summed E-state index contributed by atoms with van der Waals surface area (Å²) in [7, 11) is -2.53. The zero-order chi connectivity index (χ0) is 25.8. The van der Waals surface area contributed by atoms with Crippen molar-refractivity contribution >= 4 is 13.9 Å². The third-order valence-corrected chi connectivity index (χ3v) is 5.83. The van der Waals surface area contributed by atoms with Crippen LogP contribution in [0.25, 0.3) is 11.1 Å². The van der Waals surface area contributed by atoms with Crippen molar-refractivity contribution in [2.24, 2.45) is 0 Å². The Labute approximate surface area is 213 Å². The van der Waals surface area contributed by atoms with Crippen molar-refractivity contribution in [1.82, 2.24) is 5.32 Å². The summed E-state index contributed by atoms with van der Waals surface area (Å²) < 4.78 is 26.2. The second kappa shape index (κ2) is 14.4. The fraction of sp³-hybridized carbons (Fsp3) is 0.370. The first kappa shape index (κ1) is 27.4. The first-order chi connectivity index (χ1) is 17.5. The number of aryl methyl sites for hydroxylation is 1. The van der Waals surface area contributed by atoms with Gasteiger partial charge in [0.15, 0.2) is 0 Å². The molecule has 3 aromatic rings. The summed E-state index contributed by atoms with van der Waals surface area (Å²) in [6, 6.07) is 16.3. The lowest BCUT2D eigenvalue weighted by molar-refractivity contribution is 0.241. The third-order valence-electron chi connectivity index (χ3n) is 5.43. The average Bonchev–Trinajstić information content (AvgIpc) is 3.39. The Balaban J connectivity index is 1.55. The predicted molar refractivity (Wildman–Crippen MR) is 140 cm³/mol. The predicted octanol–water partition coefficient (Wildman–Crippen LogP) is 5.80. The van der Waals surface area contributed by atoms with Gasteiger partial charge in [-0.15, -0.1) is 9.42 Å². The molecule has 0 saturated heterocycles. The number of nitriles is 1. The third kappa shape index (κ3) is 8.78. The minimum atomic E-state index is -2.53. The smallest absolute Gasteiger partial charge is 0.490 e. The Kier molecular flexibility index (Phi) is 10.9. The average molecular weight is 511 g/mol.